The number of hydrogen-bond donors (Lipinski definition) is 1. The second-order valence-electron chi connectivity index (χ2n) is 5.04. The molecule has 1 unspecified atom stereocenters. The van der Waals surface area contributed by atoms with Gasteiger partial charge in [0.25, 0.3) is 0 Å². The first kappa shape index (κ1) is 14.3. The van der Waals surface area contributed by atoms with Gasteiger partial charge in [-0.2, -0.15) is 0 Å². The third-order valence-electron chi connectivity index (χ3n) is 3.69. The molecular weight excluding hydrogens is 382 g/mol. The Morgan fingerprint density at radius 1 is 1.29 bits per heavy atom. The van der Waals surface area contributed by atoms with E-state index in [-0.39, 0.29) is 17.8 Å². The molecule has 1 aliphatic rings. The zero-order chi connectivity index (χ0) is 15.0. The van der Waals surface area contributed by atoms with Crippen molar-refractivity contribution >= 4 is 39.9 Å². The van der Waals surface area contributed by atoms with Crippen LogP contribution in [-0.4, -0.2) is 13.0 Å². The molecule has 0 aromatic heterocycles. The minimum absolute atomic E-state index is 0.0725. The summed E-state index contributed by atoms with van der Waals surface area (Å²) < 4.78 is 14.0. The molecule has 0 saturated heterocycles. The number of hydrogen-bond acceptors (Lipinski definition) is 2. The second-order valence-corrected chi connectivity index (χ2v) is 6.20. The Labute approximate surface area is 136 Å². The molecule has 1 amide bonds. The Balaban J connectivity index is 1.96. The number of fused-ring (bicyclic) bond motifs is 1. The van der Waals surface area contributed by atoms with Crippen LogP contribution in [0, 0.1) is 9.39 Å². The summed E-state index contributed by atoms with van der Waals surface area (Å²) in [7, 11) is 1.79. The smallest absolute Gasteiger partial charge is 0.229 e. The van der Waals surface area contributed by atoms with Crippen molar-refractivity contribution in [3.63, 3.8) is 0 Å². The molecule has 0 radical (unpaired) electrons. The molecule has 1 atom stereocenters. The predicted octanol–water partition coefficient (Wildman–Crippen LogP) is 3.95. The van der Waals surface area contributed by atoms with Crippen LogP contribution >= 0.6 is 22.6 Å². The third-order valence-corrected chi connectivity index (χ3v) is 4.58. The third kappa shape index (κ3) is 2.74. The lowest BCUT2D eigenvalue weighted by Gasteiger charge is -2.32. The van der Waals surface area contributed by atoms with E-state index in [1.54, 1.807) is 18.0 Å². The van der Waals surface area contributed by atoms with Gasteiger partial charge in [-0.15, -0.1) is 0 Å². The highest BCUT2D eigenvalue weighted by atomic mass is 127. The molecule has 1 aliphatic heterocycles. The summed E-state index contributed by atoms with van der Waals surface area (Å²) in [5.74, 6) is -0.187. The maximum atomic E-state index is 13.2. The second kappa shape index (κ2) is 5.63. The van der Waals surface area contributed by atoms with Gasteiger partial charge in [0.15, 0.2) is 0 Å². The van der Waals surface area contributed by atoms with Crippen LogP contribution in [0.1, 0.15) is 18.0 Å². The van der Waals surface area contributed by atoms with Gasteiger partial charge >= 0.3 is 0 Å². The van der Waals surface area contributed by atoms with Crippen molar-refractivity contribution in [3.05, 3.63) is 57.4 Å². The van der Waals surface area contributed by atoms with E-state index in [9.17, 15) is 9.18 Å². The van der Waals surface area contributed by atoms with Crippen LogP contribution < -0.4 is 10.2 Å². The lowest BCUT2D eigenvalue weighted by Crippen LogP contribution is -2.35. The normalized spacial score (nSPS) is 17.6. The van der Waals surface area contributed by atoms with Crippen molar-refractivity contribution in [1.82, 2.24) is 0 Å². The average Bonchev–Trinajstić information content (AvgIpc) is 2.47. The van der Waals surface area contributed by atoms with E-state index in [0.717, 1.165) is 20.5 Å². The molecule has 1 N–H and O–H groups in total. The molecule has 0 fully saturated rings. The summed E-state index contributed by atoms with van der Waals surface area (Å²) in [6, 6.07) is 12.4. The number of carbonyl (C=O) groups excluding carboxylic acids is 1. The molecule has 0 spiro atoms. The maximum absolute atomic E-state index is 13.2. The number of nitrogens with zero attached hydrogens (tertiary/aromatic N) is 1. The van der Waals surface area contributed by atoms with Crippen LogP contribution in [0.3, 0.4) is 0 Å². The van der Waals surface area contributed by atoms with Crippen LogP contribution in [0.15, 0.2) is 42.5 Å². The summed E-state index contributed by atoms with van der Waals surface area (Å²) in [5, 5.41) is 3.36. The van der Waals surface area contributed by atoms with Gasteiger partial charge in [0.2, 0.25) is 5.91 Å². The van der Waals surface area contributed by atoms with E-state index < -0.39 is 0 Å². The van der Waals surface area contributed by atoms with E-state index in [0.29, 0.717) is 6.42 Å². The molecular formula is C16H14FIN2O. The summed E-state index contributed by atoms with van der Waals surface area (Å²) in [6.07, 6.45) is 0.390. The van der Waals surface area contributed by atoms with E-state index in [4.69, 9.17) is 0 Å². The number of carbonyl (C=O) groups is 1. The summed E-state index contributed by atoms with van der Waals surface area (Å²) >= 11 is 2.09. The van der Waals surface area contributed by atoms with Gasteiger partial charge in [-0.3, -0.25) is 4.79 Å². The first-order valence-corrected chi connectivity index (χ1v) is 7.71. The molecule has 108 valence electrons. The number of anilines is 2. The lowest BCUT2D eigenvalue weighted by atomic mass is 9.96. The van der Waals surface area contributed by atoms with Gasteiger partial charge in [-0.1, -0.05) is 18.2 Å². The van der Waals surface area contributed by atoms with Gasteiger partial charge in [0.1, 0.15) is 5.82 Å². The topological polar surface area (TPSA) is 32.3 Å². The van der Waals surface area contributed by atoms with Gasteiger partial charge < -0.3 is 10.2 Å². The highest BCUT2D eigenvalue weighted by Crippen LogP contribution is 2.36. The number of halogens is 2. The fraction of sp³-hybridized carbons (Fsp3) is 0.188. The fourth-order valence-corrected chi connectivity index (χ4v) is 3.20. The Hall–Kier alpha value is -1.63. The van der Waals surface area contributed by atoms with Crippen LogP contribution in [0.4, 0.5) is 15.8 Å². The standard InChI is InChI=1S/C16H14FIN2O/c1-20-15-5-3-2-4-11(15)14(9-16(20)21)19-13-7-6-10(17)8-12(13)18/h2-8,14,19H,9H2,1H3. The maximum Gasteiger partial charge on any atom is 0.229 e. The number of amides is 1. The van der Waals surface area contributed by atoms with E-state index in [2.05, 4.69) is 27.9 Å². The molecule has 2 aromatic rings. The summed E-state index contributed by atoms with van der Waals surface area (Å²) in [4.78, 5) is 13.8. The Kier molecular flexibility index (Phi) is 3.84. The van der Waals surface area contributed by atoms with Gasteiger partial charge in [-0.25, -0.2) is 4.39 Å². The molecule has 3 nitrogen and oxygen atoms in total. The van der Waals surface area contributed by atoms with Crippen LogP contribution in [-0.2, 0) is 4.79 Å². The first-order valence-electron chi connectivity index (χ1n) is 6.63. The van der Waals surface area contributed by atoms with Crippen molar-refractivity contribution in [1.29, 1.82) is 0 Å². The first-order chi connectivity index (χ1) is 10.1. The van der Waals surface area contributed by atoms with E-state index in [1.807, 2.05) is 24.3 Å². The molecule has 0 bridgehead atoms. The summed E-state index contributed by atoms with van der Waals surface area (Å²) in [5.41, 5.74) is 2.84. The number of rotatable bonds is 2. The van der Waals surface area contributed by atoms with Crippen molar-refractivity contribution in [2.75, 3.05) is 17.3 Å². The molecule has 5 heteroatoms. The number of nitrogens with one attached hydrogen (secondary N) is 1. The van der Waals surface area contributed by atoms with Crippen molar-refractivity contribution in [3.8, 4) is 0 Å². The molecule has 3 rings (SSSR count). The molecule has 1 heterocycles. The molecule has 0 aliphatic carbocycles. The van der Waals surface area contributed by atoms with E-state index in [1.165, 1.54) is 12.1 Å². The largest absolute Gasteiger partial charge is 0.377 e. The molecule has 21 heavy (non-hydrogen) atoms. The predicted molar refractivity (Wildman–Crippen MR) is 89.9 cm³/mol. The SMILES string of the molecule is CN1C(=O)CC(Nc2ccc(F)cc2I)c2ccccc21. The van der Waals surface area contributed by atoms with Crippen LogP contribution in [0.2, 0.25) is 0 Å². The highest BCUT2D eigenvalue weighted by Gasteiger charge is 2.29. The zero-order valence-corrected chi connectivity index (χ0v) is 13.6. The van der Waals surface area contributed by atoms with E-state index >= 15 is 0 Å². The summed E-state index contributed by atoms with van der Waals surface area (Å²) in [6.45, 7) is 0. The molecule has 2 aromatic carbocycles. The minimum atomic E-state index is -0.259. The Morgan fingerprint density at radius 3 is 2.81 bits per heavy atom. The quantitative estimate of drug-likeness (QED) is 0.780. The minimum Gasteiger partial charge on any atom is -0.377 e. The van der Waals surface area contributed by atoms with Gasteiger partial charge in [-0.05, 0) is 52.4 Å². The van der Waals surface area contributed by atoms with Crippen molar-refractivity contribution in [2.24, 2.45) is 0 Å². The Bertz CT molecular complexity index is 704. The lowest BCUT2D eigenvalue weighted by molar-refractivity contribution is -0.118. The average molecular weight is 396 g/mol. The van der Waals surface area contributed by atoms with Crippen molar-refractivity contribution < 1.29 is 9.18 Å². The van der Waals surface area contributed by atoms with Crippen LogP contribution in [0.25, 0.3) is 0 Å². The van der Waals surface area contributed by atoms with Crippen molar-refractivity contribution in [2.45, 2.75) is 12.5 Å². The van der Waals surface area contributed by atoms with Gasteiger partial charge in [0.05, 0.1) is 12.5 Å². The fourth-order valence-electron chi connectivity index (χ4n) is 2.57. The van der Waals surface area contributed by atoms with Gasteiger partial charge in [0, 0.05) is 22.0 Å². The molecule has 0 saturated carbocycles. The highest BCUT2D eigenvalue weighted by molar-refractivity contribution is 14.1. The number of para-hydroxylation sites is 1. The number of benzene rings is 2. The Morgan fingerprint density at radius 2 is 2.05 bits per heavy atom. The monoisotopic (exact) mass is 396 g/mol. The van der Waals surface area contributed by atoms with Crippen LogP contribution in [0.5, 0.6) is 0 Å². The zero-order valence-electron chi connectivity index (χ0n) is 11.4.